The number of aromatic nitrogens is 2. The molecule has 1 aromatic heterocycles. The third kappa shape index (κ3) is 3.42. The summed E-state index contributed by atoms with van der Waals surface area (Å²) >= 11 is 0. The molecule has 0 radical (unpaired) electrons. The topological polar surface area (TPSA) is 72.4 Å². The number of sulfonamides is 1. The van der Waals surface area contributed by atoms with Gasteiger partial charge in [-0.3, -0.25) is 9.97 Å². The molecule has 1 aromatic carbocycles. The molecule has 0 unspecified atom stereocenters. The molecule has 1 atom stereocenters. The predicted molar refractivity (Wildman–Crippen MR) is 90.5 cm³/mol. The van der Waals surface area contributed by atoms with Gasteiger partial charge in [0.1, 0.15) is 5.75 Å². The van der Waals surface area contributed by atoms with E-state index in [4.69, 9.17) is 4.74 Å². The first-order valence-corrected chi connectivity index (χ1v) is 9.37. The van der Waals surface area contributed by atoms with Gasteiger partial charge in [0.15, 0.2) is 0 Å². The third-order valence-corrected chi connectivity index (χ3v) is 6.15. The maximum absolute atomic E-state index is 12.9. The summed E-state index contributed by atoms with van der Waals surface area (Å²) in [6.45, 7) is 2.86. The van der Waals surface area contributed by atoms with Gasteiger partial charge in [-0.25, -0.2) is 8.42 Å². The maximum Gasteiger partial charge on any atom is 0.243 e. The summed E-state index contributed by atoms with van der Waals surface area (Å²) in [5, 5.41) is 0. The summed E-state index contributed by atoms with van der Waals surface area (Å²) in [7, 11) is -1.95. The van der Waals surface area contributed by atoms with Gasteiger partial charge < -0.3 is 4.74 Å². The van der Waals surface area contributed by atoms with Crippen molar-refractivity contribution in [1.82, 2.24) is 14.3 Å². The summed E-state index contributed by atoms with van der Waals surface area (Å²) in [5.41, 5.74) is 1.72. The Morgan fingerprint density at radius 3 is 2.62 bits per heavy atom. The largest absolute Gasteiger partial charge is 0.497 e. The number of hydrogen-bond acceptors (Lipinski definition) is 5. The number of aryl methyl sites for hydroxylation is 1. The van der Waals surface area contributed by atoms with Gasteiger partial charge in [0, 0.05) is 31.4 Å². The minimum Gasteiger partial charge on any atom is -0.497 e. The monoisotopic (exact) mass is 347 g/mol. The van der Waals surface area contributed by atoms with Crippen LogP contribution in [0.25, 0.3) is 0 Å². The van der Waals surface area contributed by atoms with Gasteiger partial charge in [-0.2, -0.15) is 4.31 Å². The fraction of sp³-hybridized carbons (Fsp3) is 0.412. The minimum absolute atomic E-state index is 0.0826. The van der Waals surface area contributed by atoms with Crippen molar-refractivity contribution in [3.63, 3.8) is 0 Å². The van der Waals surface area contributed by atoms with Crippen molar-refractivity contribution in [2.24, 2.45) is 0 Å². The van der Waals surface area contributed by atoms with E-state index in [1.165, 1.54) is 0 Å². The van der Waals surface area contributed by atoms with Gasteiger partial charge in [0.05, 0.1) is 23.4 Å². The van der Waals surface area contributed by atoms with Crippen LogP contribution in [-0.4, -0.2) is 42.9 Å². The highest BCUT2D eigenvalue weighted by Crippen LogP contribution is 2.29. The second kappa shape index (κ2) is 6.86. The first-order valence-electron chi connectivity index (χ1n) is 7.93. The second-order valence-corrected chi connectivity index (χ2v) is 7.90. The molecule has 128 valence electrons. The van der Waals surface area contributed by atoms with Crippen LogP contribution >= 0.6 is 0 Å². The zero-order valence-electron chi connectivity index (χ0n) is 13.8. The Morgan fingerprint density at radius 2 is 1.96 bits per heavy atom. The van der Waals surface area contributed by atoms with Gasteiger partial charge in [-0.1, -0.05) is 0 Å². The van der Waals surface area contributed by atoms with Crippen LogP contribution in [0, 0.1) is 6.92 Å². The summed E-state index contributed by atoms with van der Waals surface area (Å²) in [6, 6.07) is 6.51. The number of nitrogens with zero attached hydrogens (tertiary/aromatic N) is 3. The molecule has 0 spiro atoms. The number of rotatable bonds is 4. The normalized spacial score (nSPS) is 19.2. The van der Waals surface area contributed by atoms with Crippen molar-refractivity contribution in [2.75, 3.05) is 20.2 Å². The molecule has 2 heterocycles. The number of benzene rings is 1. The van der Waals surface area contributed by atoms with Crippen molar-refractivity contribution < 1.29 is 13.2 Å². The number of ether oxygens (including phenoxy) is 1. The van der Waals surface area contributed by atoms with E-state index in [9.17, 15) is 8.42 Å². The van der Waals surface area contributed by atoms with Crippen molar-refractivity contribution >= 4 is 10.0 Å². The molecule has 0 N–H and O–H groups in total. The maximum atomic E-state index is 12.9. The highest BCUT2D eigenvalue weighted by Gasteiger charge is 2.31. The molecule has 0 amide bonds. The minimum atomic E-state index is -3.51. The Morgan fingerprint density at radius 1 is 1.21 bits per heavy atom. The fourth-order valence-electron chi connectivity index (χ4n) is 2.98. The Balaban J connectivity index is 1.82. The number of hydrogen-bond donors (Lipinski definition) is 0. The average molecular weight is 347 g/mol. The molecule has 24 heavy (non-hydrogen) atoms. The standard InChI is InChI=1S/C17H21N3O3S/c1-13-10-18-11-17(19-13)14-4-3-9-20(12-14)24(21,22)16-7-5-15(23-2)6-8-16/h5-8,10-11,14H,3-4,9,12H2,1-2H3/t14-/m0/s1. The second-order valence-electron chi connectivity index (χ2n) is 5.96. The summed E-state index contributed by atoms with van der Waals surface area (Å²) in [5.74, 6) is 0.722. The first kappa shape index (κ1) is 16.9. The van der Waals surface area contributed by atoms with E-state index in [2.05, 4.69) is 9.97 Å². The van der Waals surface area contributed by atoms with Gasteiger partial charge in [0.2, 0.25) is 10.0 Å². The smallest absolute Gasteiger partial charge is 0.243 e. The lowest BCUT2D eigenvalue weighted by atomic mass is 9.96. The Bertz CT molecular complexity index is 806. The first-order chi connectivity index (χ1) is 11.5. The van der Waals surface area contributed by atoms with Crippen molar-refractivity contribution in [3.05, 3.63) is 48.0 Å². The molecular weight excluding hydrogens is 326 g/mol. The lowest BCUT2D eigenvalue weighted by Gasteiger charge is -2.31. The third-order valence-electron chi connectivity index (χ3n) is 4.27. The molecular formula is C17H21N3O3S. The van der Waals surface area contributed by atoms with Gasteiger partial charge in [-0.05, 0) is 44.0 Å². The van der Waals surface area contributed by atoms with Crippen LogP contribution in [0.3, 0.4) is 0 Å². The molecule has 2 aromatic rings. The van der Waals surface area contributed by atoms with Crippen molar-refractivity contribution in [3.8, 4) is 5.75 Å². The van der Waals surface area contributed by atoms with Crippen LogP contribution in [0.2, 0.25) is 0 Å². The molecule has 0 saturated carbocycles. The van der Waals surface area contributed by atoms with Crippen LogP contribution in [0.1, 0.15) is 30.1 Å². The molecule has 1 aliphatic rings. The molecule has 0 bridgehead atoms. The van der Waals surface area contributed by atoms with Gasteiger partial charge in [-0.15, -0.1) is 0 Å². The van der Waals surface area contributed by atoms with Gasteiger partial charge in [0.25, 0.3) is 0 Å². The van der Waals surface area contributed by atoms with Gasteiger partial charge >= 0.3 is 0 Å². The predicted octanol–water partition coefficient (Wildman–Crippen LogP) is 2.36. The summed E-state index contributed by atoms with van der Waals surface area (Å²) < 4.78 is 32.4. The molecule has 6 nitrogen and oxygen atoms in total. The van der Waals surface area contributed by atoms with E-state index in [1.54, 1.807) is 48.1 Å². The van der Waals surface area contributed by atoms with E-state index in [0.29, 0.717) is 23.7 Å². The average Bonchev–Trinajstić information content (AvgIpc) is 2.62. The van der Waals surface area contributed by atoms with E-state index in [1.807, 2.05) is 6.92 Å². The molecule has 0 aliphatic carbocycles. The van der Waals surface area contributed by atoms with Crippen LogP contribution < -0.4 is 4.74 Å². The van der Waals surface area contributed by atoms with E-state index in [-0.39, 0.29) is 5.92 Å². The molecule has 3 rings (SSSR count). The zero-order valence-corrected chi connectivity index (χ0v) is 14.7. The Kier molecular flexibility index (Phi) is 4.82. The fourth-order valence-corrected chi connectivity index (χ4v) is 4.50. The lowest BCUT2D eigenvalue weighted by molar-refractivity contribution is 0.312. The van der Waals surface area contributed by atoms with Crippen LogP contribution in [-0.2, 0) is 10.0 Å². The molecule has 1 saturated heterocycles. The Hall–Kier alpha value is -1.99. The van der Waals surface area contributed by atoms with E-state index >= 15 is 0 Å². The van der Waals surface area contributed by atoms with E-state index < -0.39 is 10.0 Å². The lowest BCUT2D eigenvalue weighted by Crippen LogP contribution is -2.39. The van der Waals surface area contributed by atoms with Crippen molar-refractivity contribution in [2.45, 2.75) is 30.6 Å². The van der Waals surface area contributed by atoms with Crippen LogP contribution in [0.4, 0.5) is 0 Å². The quantitative estimate of drug-likeness (QED) is 0.849. The molecule has 1 aliphatic heterocycles. The molecule has 1 fully saturated rings. The van der Waals surface area contributed by atoms with Crippen LogP contribution in [0.5, 0.6) is 5.75 Å². The number of methoxy groups -OCH3 is 1. The van der Waals surface area contributed by atoms with Crippen molar-refractivity contribution in [1.29, 1.82) is 0 Å². The summed E-state index contributed by atoms with van der Waals surface area (Å²) in [4.78, 5) is 8.98. The highest BCUT2D eigenvalue weighted by molar-refractivity contribution is 7.89. The van der Waals surface area contributed by atoms with E-state index in [0.717, 1.165) is 24.2 Å². The highest BCUT2D eigenvalue weighted by atomic mass is 32.2. The zero-order chi connectivity index (χ0) is 17.2. The molecule has 7 heteroatoms. The summed E-state index contributed by atoms with van der Waals surface area (Å²) in [6.07, 6.45) is 5.18. The number of piperidine rings is 1. The SMILES string of the molecule is COc1ccc(S(=O)(=O)N2CCC[C@H](c3cncc(C)n3)C2)cc1. The Labute approximate surface area is 142 Å². The van der Waals surface area contributed by atoms with Crippen LogP contribution in [0.15, 0.2) is 41.6 Å².